The first-order chi connectivity index (χ1) is 11.6. The fraction of sp³-hybridized carbons (Fsp3) is 0.235. The summed E-state index contributed by atoms with van der Waals surface area (Å²) in [4.78, 5) is 24.3. The van der Waals surface area contributed by atoms with Crippen molar-refractivity contribution >= 4 is 17.4 Å². The molecule has 24 heavy (non-hydrogen) atoms. The molecule has 2 amide bonds. The highest BCUT2D eigenvalue weighted by atomic mass is 16.6. The van der Waals surface area contributed by atoms with Crippen LogP contribution in [-0.4, -0.2) is 28.9 Å². The molecule has 0 atom stereocenters. The average molecular weight is 328 g/mol. The Morgan fingerprint density at radius 3 is 2.38 bits per heavy atom. The molecule has 0 aromatic heterocycles. The van der Waals surface area contributed by atoms with Crippen molar-refractivity contribution in [2.45, 2.75) is 13.0 Å². The fourth-order valence-electron chi connectivity index (χ4n) is 2.21. The van der Waals surface area contributed by atoms with Gasteiger partial charge in [-0.2, -0.15) is 0 Å². The molecule has 0 aliphatic carbocycles. The number of nitrogens with one attached hydrogen (secondary N) is 1. The van der Waals surface area contributed by atoms with Crippen molar-refractivity contribution in [3.05, 3.63) is 70.3 Å². The molecule has 0 unspecified atom stereocenters. The van der Waals surface area contributed by atoms with Gasteiger partial charge in [0.1, 0.15) is 0 Å². The first kappa shape index (κ1) is 17.4. The highest BCUT2D eigenvalue weighted by molar-refractivity contribution is 5.89. The van der Waals surface area contributed by atoms with Gasteiger partial charge in [0.25, 0.3) is 5.69 Å². The third kappa shape index (κ3) is 5.06. The zero-order valence-electron chi connectivity index (χ0n) is 13.2. The first-order valence-electron chi connectivity index (χ1n) is 7.64. The van der Waals surface area contributed by atoms with Crippen LogP contribution in [0.3, 0.4) is 0 Å². The summed E-state index contributed by atoms with van der Waals surface area (Å²) in [5, 5.41) is 13.4. The van der Waals surface area contributed by atoms with Gasteiger partial charge >= 0.3 is 6.03 Å². The number of nitrogens with zero attached hydrogens (tertiary/aromatic N) is 2. The molecule has 7 heteroatoms. The van der Waals surface area contributed by atoms with E-state index in [0.29, 0.717) is 31.7 Å². The van der Waals surface area contributed by atoms with Crippen LogP contribution in [0.15, 0.2) is 54.6 Å². The number of hydrogen-bond acceptors (Lipinski definition) is 4. The van der Waals surface area contributed by atoms with Gasteiger partial charge in [-0.05, 0) is 30.7 Å². The van der Waals surface area contributed by atoms with Crippen LogP contribution in [0.2, 0.25) is 0 Å². The zero-order valence-corrected chi connectivity index (χ0v) is 13.2. The zero-order chi connectivity index (χ0) is 17.4. The van der Waals surface area contributed by atoms with Crippen LogP contribution in [0.1, 0.15) is 12.0 Å². The molecule has 7 nitrogen and oxygen atoms in total. The van der Waals surface area contributed by atoms with E-state index in [1.807, 2.05) is 30.3 Å². The van der Waals surface area contributed by atoms with E-state index in [0.717, 1.165) is 5.56 Å². The van der Waals surface area contributed by atoms with Crippen LogP contribution in [-0.2, 0) is 6.54 Å². The number of urea groups is 1. The second-order valence-corrected chi connectivity index (χ2v) is 5.28. The van der Waals surface area contributed by atoms with Gasteiger partial charge in [0, 0.05) is 30.9 Å². The number of carbonyl (C=O) groups excluding carboxylic acids is 1. The van der Waals surface area contributed by atoms with E-state index in [1.165, 1.54) is 24.3 Å². The van der Waals surface area contributed by atoms with Crippen LogP contribution >= 0.6 is 0 Å². The average Bonchev–Trinajstić information content (AvgIpc) is 2.60. The third-order valence-corrected chi connectivity index (χ3v) is 3.47. The van der Waals surface area contributed by atoms with Gasteiger partial charge in [0.2, 0.25) is 0 Å². The number of nitrogens with two attached hydrogens (primary N) is 1. The quantitative estimate of drug-likeness (QED) is 0.602. The number of hydrogen-bond donors (Lipinski definition) is 2. The molecule has 0 fully saturated rings. The van der Waals surface area contributed by atoms with E-state index in [9.17, 15) is 14.9 Å². The maximum absolute atomic E-state index is 12.5. The number of nitro benzene ring substituents is 1. The molecule has 3 N–H and O–H groups in total. The van der Waals surface area contributed by atoms with Crippen LogP contribution < -0.4 is 11.1 Å². The predicted octanol–water partition coefficient (Wildman–Crippen LogP) is 2.98. The number of benzene rings is 2. The van der Waals surface area contributed by atoms with Gasteiger partial charge < -0.3 is 16.0 Å². The van der Waals surface area contributed by atoms with E-state index in [-0.39, 0.29) is 11.7 Å². The van der Waals surface area contributed by atoms with E-state index in [1.54, 1.807) is 4.90 Å². The Hall–Kier alpha value is -2.93. The van der Waals surface area contributed by atoms with E-state index in [2.05, 4.69) is 5.32 Å². The molecule has 0 heterocycles. The Labute approximate surface area is 140 Å². The highest BCUT2D eigenvalue weighted by Gasteiger charge is 2.14. The molecular weight excluding hydrogens is 308 g/mol. The SMILES string of the molecule is NCCCN(Cc1ccccc1)C(=O)Nc1ccc([N+](=O)[O-])cc1. The molecule has 0 aliphatic heterocycles. The van der Waals surface area contributed by atoms with Crippen molar-refractivity contribution < 1.29 is 9.72 Å². The lowest BCUT2D eigenvalue weighted by Gasteiger charge is -2.23. The van der Waals surface area contributed by atoms with Gasteiger partial charge in [-0.25, -0.2) is 4.79 Å². The molecule has 126 valence electrons. The second kappa shape index (κ2) is 8.64. The largest absolute Gasteiger partial charge is 0.330 e. The predicted molar refractivity (Wildman–Crippen MR) is 92.6 cm³/mol. The van der Waals surface area contributed by atoms with Crippen molar-refractivity contribution in [2.24, 2.45) is 5.73 Å². The molecular formula is C17H20N4O3. The molecule has 2 rings (SSSR count). The molecule has 2 aromatic carbocycles. The summed E-state index contributed by atoms with van der Waals surface area (Å²) in [7, 11) is 0. The van der Waals surface area contributed by atoms with E-state index >= 15 is 0 Å². The maximum atomic E-state index is 12.5. The topological polar surface area (TPSA) is 102 Å². The monoisotopic (exact) mass is 328 g/mol. The van der Waals surface area contributed by atoms with Crippen LogP contribution in [0, 0.1) is 10.1 Å². The number of carbonyl (C=O) groups is 1. The standard InChI is InChI=1S/C17H20N4O3/c18-11-4-12-20(13-14-5-2-1-3-6-14)17(22)19-15-7-9-16(10-8-15)21(23)24/h1-3,5-10H,4,11-13,18H2,(H,19,22). The maximum Gasteiger partial charge on any atom is 0.322 e. The lowest BCUT2D eigenvalue weighted by Crippen LogP contribution is -2.36. The molecule has 0 saturated carbocycles. The summed E-state index contributed by atoms with van der Waals surface area (Å²) in [6.07, 6.45) is 0.695. The third-order valence-electron chi connectivity index (χ3n) is 3.47. The molecule has 0 saturated heterocycles. The molecule has 0 radical (unpaired) electrons. The summed E-state index contributed by atoms with van der Waals surface area (Å²) >= 11 is 0. The number of anilines is 1. The Bertz CT molecular complexity index is 674. The summed E-state index contributed by atoms with van der Waals surface area (Å²) in [5.74, 6) is 0. The van der Waals surface area contributed by atoms with Crippen LogP contribution in [0.5, 0.6) is 0 Å². The Kier molecular flexibility index (Phi) is 6.27. The fourth-order valence-corrected chi connectivity index (χ4v) is 2.21. The Morgan fingerprint density at radius 1 is 1.12 bits per heavy atom. The minimum absolute atomic E-state index is 0.0164. The summed E-state index contributed by atoms with van der Waals surface area (Å²) < 4.78 is 0. The number of rotatable bonds is 7. The molecule has 0 spiro atoms. The van der Waals surface area contributed by atoms with Crippen LogP contribution in [0.25, 0.3) is 0 Å². The Morgan fingerprint density at radius 2 is 1.79 bits per heavy atom. The first-order valence-corrected chi connectivity index (χ1v) is 7.64. The molecule has 0 bridgehead atoms. The second-order valence-electron chi connectivity index (χ2n) is 5.28. The number of non-ortho nitro benzene ring substituents is 1. The van der Waals surface area contributed by atoms with E-state index < -0.39 is 4.92 Å². The van der Waals surface area contributed by atoms with Crippen molar-refractivity contribution in [3.8, 4) is 0 Å². The van der Waals surface area contributed by atoms with Crippen LogP contribution in [0.4, 0.5) is 16.2 Å². The normalized spacial score (nSPS) is 10.2. The van der Waals surface area contributed by atoms with Gasteiger partial charge in [0.05, 0.1) is 4.92 Å². The van der Waals surface area contributed by atoms with Gasteiger partial charge in [-0.1, -0.05) is 30.3 Å². The van der Waals surface area contributed by atoms with Gasteiger partial charge in [0.15, 0.2) is 0 Å². The minimum Gasteiger partial charge on any atom is -0.330 e. The number of amides is 2. The highest BCUT2D eigenvalue weighted by Crippen LogP contribution is 2.16. The van der Waals surface area contributed by atoms with Crippen molar-refractivity contribution in [2.75, 3.05) is 18.4 Å². The lowest BCUT2D eigenvalue weighted by atomic mass is 10.2. The summed E-state index contributed by atoms with van der Waals surface area (Å²) in [6, 6.07) is 15.2. The smallest absolute Gasteiger partial charge is 0.322 e. The van der Waals surface area contributed by atoms with Gasteiger partial charge in [-0.15, -0.1) is 0 Å². The minimum atomic E-state index is -0.478. The number of nitro groups is 1. The Balaban J connectivity index is 2.04. The van der Waals surface area contributed by atoms with Crippen molar-refractivity contribution in [1.82, 2.24) is 4.90 Å². The summed E-state index contributed by atoms with van der Waals surface area (Å²) in [6.45, 7) is 1.50. The van der Waals surface area contributed by atoms with Crippen molar-refractivity contribution in [3.63, 3.8) is 0 Å². The molecule has 0 aliphatic rings. The molecule has 2 aromatic rings. The van der Waals surface area contributed by atoms with Gasteiger partial charge in [-0.3, -0.25) is 10.1 Å². The van der Waals surface area contributed by atoms with Crippen molar-refractivity contribution in [1.29, 1.82) is 0 Å². The summed E-state index contributed by atoms with van der Waals surface area (Å²) in [5.41, 5.74) is 7.06. The lowest BCUT2D eigenvalue weighted by molar-refractivity contribution is -0.384. The van der Waals surface area contributed by atoms with E-state index in [4.69, 9.17) is 5.73 Å².